The van der Waals surface area contributed by atoms with Gasteiger partial charge in [-0.15, -0.1) is 0 Å². The van der Waals surface area contributed by atoms with Crippen LogP contribution in [0.1, 0.15) is 12.8 Å². The molecule has 0 aliphatic heterocycles. The molecule has 0 heterocycles. The van der Waals surface area contributed by atoms with Crippen molar-refractivity contribution in [3.8, 4) is 0 Å². The summed E-state index contributed by atoms with van der Waals surface area (Å²) in [6, 6.07) is -0.923. The molecule has 0 unspecified atom stereocenters. The summed E-state index contributed by atoms with van der Waals surface area (Å²) in [4.78, 5) is 21.2. The molecular weight excluding hydrogens is 292 g/mol. The Hall–Kier alpha value is 0.139. The Morgan fingerprint density at radius 3 is 2.25 bits per heavy atom. The minimum atomic E-state index is -1.06. The van der Waals surface area contributed by atoms with Gasteiger partial charge in [0, 0.05) is 0 Å². The van der Waals surface area contributed by atoms with E-state index in [0.29, 0.717) is 0 Å². The molecule has 0 aromatic rings. The molecule has 0 bridgehead atoms. The predicted octanol–water partition coefficient (Wildman–Crippen LogP) is -1.70. The van der Waals surface area contributed by atoms with Crippen LogP contribution in [0.25, 0.3) is 0 Å². The van der Waals surface area contributed by atoms with E-state index in [4.69, 9.17) is 10.8 Å². The number of hydrogen-bond donors (Lipinski definition) is 2. The summed E-state index contributed by atoms with van der Waals surface area (Å²) >= 11 is 4.39. The molecule has 0 rings (SSSR count). The third-order valence-electron chi connectivity index (χ3n) is 1.31. The average Bonchev–Trinajstić information content (AvgIpc) is 1.98. The van der Waals surface area contributed by atoms with Gasteiger partial charge in [-0.05, 0) is 0 Å². The van der Waals surface area contributed by atoms with E-state index in [2.05, 4.69) is 32.0 Å². The quantitative estimate of drug-likeness (QED) is 0.593. The minimum absolute atomic E-state index is 0.00620. The molecule has 1 atom stereocenters. The number of carbonyl (C=O) groups excluding carboxylic acids is 1. The summed E-state index contributed by atoms with van der Waals surface area (Å²) in [5, 5.41) is 8.39. The van der Waals surface area contributed by atoms with E-state index in [0.717, 1.165) is 0 Å². The Morgan fingerprint density at radius 2 is 1.92 bits per heavy atom. The van der Waals surface area contributed by atoms with Crippen LogP contribution in [0.5, 0.6) is 0 Å². The average molecular weight is 303 g/mol. The van der Waals surface area contributed by atoms with Gasteiger partial charge in [0.15, 0.2) is 0 Å². The number of carboxylic acids is 1. The van der Waals surface area contributed by atoms with Crippen LogP contribution in [0.3, 0.4) is 0 Å². The van der Waals surface area contributed by atoms with Gasteiger partial charge in [-0.3, -0.25) is 0 Å². The third kappa shape index (κ3) is 4.91. The summed E-state index contributed by atoms with van der Waals surface area (Å²) in [6.07, 6.45) is 0.432. The van der Waals surface area contributed by atoms with Crippen LogP contribution in [-0.2, 0) is 9.59 Å². The molecule has 0 aromatic carbocycles. The molecule has 0 amide bonds. The van der Waals surface area contributed by atoms with Crippen LogP contribution in [0, 0.1) is 0 Å². The molecule has 70 valence electrons. The van der Waals surface area contributed by atoms with Gasteiger partial charge in [0.2, 0.25) is 0 Å². The molecule has 0 spiro atoms. The first kappa shape index (κ1) is 12.1. The van der Waals surface area contributed by atoms with Gasteiger partial charge in [-0.1, -0.05) is 0 Å². The number of carboxylic acid groups (broad SMARTS) is 1. The van der Waals surface area contributed by atoms with Gasteiger partial charge < -0.3 is 0 Å². The summed E-state index contributed by atoms with van der Waals surface area (Å²) < 4.78 is -0.161. The van der Waals surface area contributed by atoms with Gasteiger partial charge in [0.05, 0.1) is 0 Å². The Morgan fingerprint density at radius 1 is 1.42 bits per heavy atom. The van der Waals surface area contributed by atoms with Crippen LogP contribution in [0.15, 0.2) is 0 Å². The number of nitrogens with two attached hydrogens (primary N) is 1. The van der Waals surface area contributed by atoms with Crippen LogP contribution >= 0.6 is 0 Å². The Balaban J connectivity index is 3.69. The molecule has 0 saturated carbocycles. The first-order valence-electron chi connectivity index (χ1n) is 3.32. The van der Waals surface area contributed by atoms with Gasteiger partial charge in [-0.25, -0.2) is 0 Å². The van der Waals surface area contributed by atoms with Crippen LogP contribution in [0.2, 0.25) is 3.71 Å². The van der Waals surface area contributed by atoms with E-state index in [-0.39, 0.29) is 22.3 Å². The summed E-state index contributed by atoms with van der Waals surface area (Å²) in [5.41, 5.74) is 5.20. The second kappa shape index (κ2) is 5.73. The SMILES string of the molecule is N[C@@H](CCC(=O)C([SeH])[SeH])C(=O)O. The Kier molecular flexibility index (Phi) is 5.79. The number of hydrogen-bond acceptors (Lipinski definition) is 3. The molecule has 0 fully saturated rings. The standard InChI is InChI=1S/C6H11NO3Se2/c7-3(5(9)10)1-2-4(8)6(11)12/h3,6,11-12H,1-2,7H2,(H,9,10)/t3-/m0/s1. The molecule has 4 nitrogen and oxygen atoms in total. The first-order valence-corrected chi connectivity index (χ1v) is 5.49. The second-order valence-electron chi connectivity index (χ2n) is 2.32. The number of Topliss-reactive ketones (excluding diaryl/α,β-unsaturated/α-hetero) is 1. The molecule has 12 heavy (non-hydrogen) atoms. The van der Waals surface area contributed by atoms with Crippen LogP contribution in [-0.4, -0.2) is 54.9 Å². The van der Waals surface area contributed by atoms with Gasteiger partial charge in [0.1, 0.15) is 0 Å². The molecule has 6 heteroatoms. The van der Waals surface area contributed by atoms with E-state index in [1.807, 2.05) is 0 Å². The predicted molar refractivity (Wildman–Crippen MR) is 47.9 cm³/mol. The number of aliphatic carboxylic acids is 1. The molecule has 3 N–H and O–H groups in total. The van der Waals surface area contributed by atoms with Crippen molar-refractivity contribution in [1.29, 1.82) is 0 Å². The zero-order chi connectivity index (χ0) is 9.72. The van der Waals surface area contributed by atoms with Gasteiger partial charge >= 0.3 is 86.8 Å². The zero-order valence-corrected chi connectivity index (χ0v) is 10.1. The summed E-state index contributed by atoms with van der Waals surface area (Å²) in [6.45, 7) is 0. The molecular formula is C6H11NO3Se2. The van der Waals surface area contributed by atoms with E-state index in [1.54, 1.807) is 0 Å². The topological polar surface area (TPSA) is 80.4 Å². The molecule has 0 aliphatic carbocycles. The van der Waals surface area contributed by atoms with Crippen molar-refractivity contribution in [1.82, 2.24) is 0 Å². The van der Waals surface area contributed by atoms with E-state index < -0.39 is 12.0 Å². The van der Waals surface area contributed by atoms with Crippen LogP contribution < -0.4 is 5.73 Å². The Bertz CT molecular complexity index is 184. The zero-order valence-electron chi connectivity index (χ0n) is 6.30. The fourth-order valence-corrected chi connectivity index (χ4v) is 1.09. The van der Waals surface area contributed by atoms with Crippen molar-refractivity contribution in [2.45, 2.75) is 22.6 Å². The van der Waals surface area contributed by atoms with E-state index >= 15 is 0 Å². The van der Waals surface area contributed by atoms with Gasteiger partial charge in [0.25, 0.3) is 0 Å². The number of ketones is 1. The Labute approximate surface area is 86.9 Å². The van der Waals surface area contributed by atoms with Gasteiger partial charge in [-0.2, -0.15) is 0 Å². The van der Waals surface area contributed by atoms with Crippen LogP contribution in [0.4, 0.5) is 0 Å². The monoisotopic (exact) mass is 305 g/mol. The normalized spacial score (nSPS) is 13.0. The molecule has 0 aliphatic rings. The second-order valence-corrected chi connectivity index (χ2v) is 6.41. The maximum absolute atomic E-state index is 11.0. The van der Waals surface area contributed by atoms with Crippen molar-refractivity contribution in [2.24, 2.45) is 5.73 Å². The number of rotatable bonds is 5. The fraction of sp³-hybridized carbons (Fsp3) is 0.667. The summed E-state index contributed by atoms with van der Waals surface area (Å²) in [7, 11) is 0. The van der Waals surface area contributed by atoms with E-state index in [9.17, 15) is 9.59 Å². The van der Waals surface area contributed by atoms with Crippen molar-refractivity contribution in [3.05, 3.63) is 0 Å². The van der Waals surface area contributed by atoms with Crippen molar-refractivity contribution in [2.75, 3.05) is 0 Å². The van der Waals surface area contributed by atoms with Crippen molar-refractivity contribution >= 4 is 43.8 Å². The van der Waals surface area contributed by atoms with Crippen molar-refractivity contribution < 1.29 is 14.7 Å². The van der Waals surface area contributed by atoms with E-state index in [1.165, 1.54) is 0 Å². The third-order valence-corrected chi connectivity index (χ3v) is 2.52. The maximum atomic E-state index is 11.0. The fourth-order valence-electron chi connectivity index (χ4n) is 0.550. The number of carbonyl (C=O) groups is 2. The molecule has 0 aromatic heterocycles. The first-order chi connectivity index (χ1) is 5.45. The molecule has 0 radical (unpaired) electrons. The molecule has 0 saturated heterocycles. The summed E-state index contributed by atoms with van der Waals surface area (Å²) in [5.74, 6) is -1.05. The van der Waals surface area contributed by atoms with Crippen molar-refractivity contribution in [3.63, 3.8) is 0 Å².